The van der Waals surface area contributed by atoms with E-state index in [1.54, 1.807) is 33.6 Å². The van der Waals surface area contributed by atoms with Crippen molar-refractivity contribution in [2.24, 2.45) is 4.99 Å². The van der Waals surface area contributed by atoms with Gasteiger partial charge in [-0.3, -0.25) is 24.8 Å². The number of fused-ring (bicyclic) bond motifs is 4. The highest BCUT2D eigenvalue weighted by atomic mass is 127. The van der Waals surface area contributed by atoms with E-state index in [4.69, 9.17) is 38.9 Å². The second-order valence-corrected chi connectivity index (χ2v) is 56.1. The second kappa shape index (κ2) is 30.3. The molecule has 0 bridgehead atoms. The van der Waals surface area contributed by atoms with E-state index in [2.05, 4.69) is 144 Å². The molecule has 4 aromatic carbocycles. The lowest BCUT2D eigenvalue weighted by molar-refractivity contribution is -0.384. The van der Waals surface area contributed by atoms with Crippen LogP contribution in [0.1, 0.15) is 24.3 Å². The Kier molecular flexibility index (Phi) is 24.7. The smallest absolute Gasteiger partial charge is 0.271 e. The summed E-state index contributed by atoms with van der Waals surface area (Å²) in [5.41, 5.74) is 6.44. The van der Waals surface area contributed by atoms with Gasteiger partial charge in [-0.05, 0) is 95.5 Å². The van der Waals surface area contributed by atoms with Gasteiger partial charge in [0.15, 0.2) is 5.82 Å². The van der Waals surface area contributed by atoms with Gasteiger partial charge in [0.25, 0.3) is 11.4 Å². The number of imidazole rings is 1. The molecule has 2 aliphatic rings. The van der Waals surface area contributed by atoms with Crippen molar-refractivity contribution in [3.05, 3.63) is 111 Å². The second-order valence-electron chi connectivity index (χ2n) is 27.5. The molecule has 84 heavy (non-hydrogen) atoms. The van der Waals surface area contributed by atoms with Crippen LogP contribution in [0.5, 0.6) is 0 Å². The zero-order valence-electron chi connectivity index (χ0n) is 52.6. The van der Waals surface area contributed by atoms with Crippen molar-refractivity contribution < 1.29 is 33.5 Å². The third-order valence-electron chi connectivity index (χ3n) is 14.0. The lowest BCUT2D eigenvalue weighted by atomic mass is 10.0. The molecule has 0 amide bonds. The molecule has 5 heterocycles. The number of aliphatic imine (C=N–C) groups is 1. The van der Waals surface area contributed by atoms with Crippen molar-refractivity contribution in [1.82, 2.24) is 29.1 Å². The fourth-order valence-corrected chi connectivity index (χ4v) is 14.1. The monoisotopic (exact) mass is 1350 g/mol. The van der Waals surface area contributed by atoms with Crippen LogP contribution in [0.3, 0.4) is 0 Å². The fourth-order valence-electron chi connectivity index (χ4n) is 8.90. The molecule has 24 heteroatoms. The molecule has 1 fully saturated rings. The van der Waals surface area contributed by atoms with Crippen molar-refractivity contribution in [3.63, 3.8) is 0 Å². The molecule has 18 nitrogen and oxygen atoms in total. The fraction of sp³-hybridized carbons (Fsp3) is 0.533. The lowest BCUT2D eigenvalue weighted by Gasteiger charge is -2.17. The van der Waals surface area contributed by atoms with Crippen LogP contribution in [0, 0.1) is 20.2 Å². The van der Waals surface area contributed by atoms with Gasteiger partial charge in [0, 0.05) is 107 Å². The van der Waals surface area contributed by atoms with Gasteiger partial charge in [-0.25, -0.2) is 19.3 Å². The molecular formula is C60H92IN9O9Si5. The summed E-state index contributed by atoms with van der Waals surface area (Å²) < 4.78 is 35.4. The zero-order chi connectivity index (χ0) is 61.6. The highest BCUT2D eigenvalue weighted by molar-refractivity contribution is 14.1. The molecule has 9 rings (SSSR count). The minimum atomic E-state index is -1.65. The average Bonchev–Trinajstić information content (AvgIpc) is 2.41. The standard InChI is InChI=1S/C26H37N5O4Si2.C16H27N3O3Si2.C14H20INOSi.C4H8O/c1-36(2,3)15-13-34-18-29-23-10-8-7-9-22(23)27-26(29)25-21-12-11-20(31(32)33)17-24(21)30(28-25)19-35-14-16-37(4,5)6;1-23(2,3)10-9-22-12-18-15-11-13(19(20)21)7-8-14(15)16(17-18)24(4,5)6;1-18(2,3)9-8-17-10-12-11-6-4-5-7-13(11)16-14(12)15;1-2-4-5-3-1/h7-12,17H,13-16,18-19H2,1-6H3;7-8,11H,9-10,12H2,1-6H3;4-7,12H,8-10H2,1-3H3;1-4H2. The van der Waals surface area contributed by atoms with Crippen molar-refractivity contribution in [2.75, 3.05) is 46.2 Å². The first-order valence-corrected chi connectivity index (χ1v) is 48.8. The van der Waals surface area contributed by atoms with Crippen LogP contribution >= 0.6 is 22.6 Å². The van der Waals surface area contributed by atoms with E-state index in [0.717, 1.165) is 86.6 Å². The van der Waals surface area contributed by atoms with Gasteiger partial charge in [0.05, 0.1) is 59.2 Å². The number of para-hydroxylation sites is 3. The Morgan fingerprint density at radius 2 is 1.06 bits per heavy atom. The van der Waals surface area contributed by atoms with Crippen LogP contribution < -0.4 is 5.32 Å². The normalized spacial score (nSPS) is 14.6. The maximum absolute atomic E-state index is 11.5. The Hall–Kier alpha value is -4.63. The molecule has 0 N–H and O–H groups in total. The van der Waals surface area contributed by atoms with Crippen molar-refractivity contribution in [3.8, 4) is 11.5 Å². The molecule has 0 radical (unpaired) electrons. The number of non-ortho nitro benzene ring substituents is 2. The molecule has 0 aliphatic carbocycles. The largest absolute Gasteiger partial charge is 0.381 e. The molecule has 3 aromatic heterocycles. The number of hydrogen-bond donors (Lipinski definition) is 0. The Morgan fingerprint density at radius 3 is 1.57 bits per heavy atom. The third-order valence-corrected chi connectivity index (χ3v) is 23.6. The maximum atomic E-state index is 11.5. The molecule has 7 aromatic rings. The third kappa shape index (κ3) is 21.1. The summed E-state index contributed by atoms with van der Waals surface area (Å²) in [5, 5.41) is 35.1. The highest BCUT2D eigenvalue weighted by Gasteiger charge is 2.28. The van der Waals surface area contributed by atoms with Crippen LogP contribution in [0.15, 0.2) is 89.9 Å². The number of aromatic nitrogens is 6. The SMILES string of the molecule is C1CCOC1.C[Si](C)(C)CCOCC1C(I)=Nc2ccccc21.C[Si](C)(C)CCOCn1nc(-c2nc3ccccc3n2COCC[Si](C)(C)C)c2ccc([N+](=O)[O-])cc21.C[Si](C)(C)CCOCn1nc([Si](C)(C)C)c2ccc([N+](=O)[O-])cc21. The molecule has 458 valence electrons. The summed E-state index contributed by atoms with van der Waals surface area (Å²) in [6.07, 6.45) is 2.56. The predicted molar refractivity (Wildman–Crippen MR) is 366 cm³/mol. The number of nitrogens with zero attached hydrogens (tertiary/aromatic N) is 9. The lowest BCUT2D eigenvalue weighted by Crippen LogP contribution is -2.39. The predicted octanol–water partition coefficient (Wildman–Crippen LogP) is 15.8. The Bertz CT molecular complexity index is 3320. The molecular weight excluding hydrogens is 1260 g/mol. The number of benzene rings is 4. The van der Waals surface area contributed by atoms with E-state index in [1.165, 1.54) is 30.5 Å². The summed E-state index contributed by atoms with van der Waals surface area (Å²) >= 11 is 2.34. The molecule has 0 spiro atoms. The van der Waals surface area contributed by atoms with Crippen molar-refractivity contribution in [1.29, 1.82) is 0 Å². The van der Waals surface area contributed by atoms with Crippen LogP contribution in [0.4, 0.5) is 17.1 Å². The number of halogens is 1. The van der Waals surface area contributed by atoms with Crippen molar-refractivity contribution in [2.45, 2.75) is 161 Å². The molecule has 1 saturated heterocycles. The van der Waals surface area contributed by atoms with Crippen LogP contribution in [-0.4, -0.2) is 129 Å². The van der Waals surface area contributed by atoms with Crippen LogP contribution in [-0.2, 0) is 43.9 Å². The molecule has 0 saturated carbocycles. The number of nitro groups is 2. The van der Waals surface area contributed by atoms with Gasteiger partial charge in [0.2, 0.25) is 0 Å². The zero-order valence-corrected chi connectivity index (χ0v) is 59.7. The minimum absolute atomic E-state index is 0.0190. The van der Waals surface area contributed by atoms with Gasteiger partial charge in [-0.15, -0.1) is 0 Å². The van der Waals surface area contributed by atoms with Gasteiger partial charge in [-0.2, -0.15) is 10.2 Å². The molecule has 1 atom stereocenters. The van der Waals surface area contributed by atoms with Gasteiger partial charge >= 0.3 is 0 Å². The van der Waals surface area contributed by atoms with E-state index in [0.29, 0.717) is 56.2 Å². The van der Waals surface area contributed by atoms with E-state index in [-0.39, 0.29) is 28.0 Å². The van der Waals surface area contributed by atoms with E-state index >= 15 is 0 Å². The molecule has 2 aliphatic heterocycles. The summed E-state index contributed by atoms with van der Waals surface area (Å²) in [6.45, 7) is 41.3. The topological polar surface area (TPSA) is 198 Å². The Balaban J connectivity index is 0.000000206. The first-order chi connectivity index (χ1) is 39.4. The summed E-state index contributed by atoms with van der Waals surface area (Å²) in [4.78, 5) is 31.4. The first kappa shape index (κ1) is 68.5. The van der Waals surface area contributed by atoms with E-state index in [1.807, 2.05) is 41.0 Å². The number of ether oxygens (including phenoxy) is 5. The highest BCUT2D eigenvalue weighted by Crippen LogP contribution is 2.38. The van der Waals surface area contributed by atoms with Crippen molar-refractivity contribution >= 4 is 122 Å². The quantitative estimate of drug-likeness (QED) is 0.0183. The maximum Gasteiger partial charge on any atom is 0.271 e. The van der Waals surface area contributed by atoms with E-state index < -0.39 is 40.4 Å². The average molecular weight is 1350 g/mol. The van der Waals surface area contributed by atoms with Crippen LogP contribution in [0.25, 0.3) is 44.4 Å². The van der Waals surface area contributed by atoms with Gasteiger partial charge in [-0.1, -0.05) is 129 Å². The number of nitro benzene ring substituents is 2. The number of rotatable bonds is 24. The van der Waals surface area contributed by atoms with Gasteiger partial charge in [0.1, 0.15) is 34.0 Å². The summed E-state index contributed by atoms with van der Waals surface area (Å²) in [5.74, 6) is 1.03. The number of hydrogen-bond acceptors (Lipinski definition) is 13. The summed E-state index contributed by atoms with van der Waals surface area (Å²) in [6, 6.07) is 30.6. The minimum Gasteiger partial charge on any atom is -0.381 e. The van der Waals surface area contributed by atoms with Crippen LogP contribution in [0.2, 0.25) is 122 Å². The first-order valence-electron chi connectivity index (χ1n) is 29.4. The van der Waals surface area contributed by atoms with E-state index in [9.17, 15) is 20.2 Å². The Morgan fingerprint density at radius 1 is 0.583 bits per heavy atom. The summed E-state index contributed by atoms with van der Waals surface area (Å²) in [7, 11) is -6.23. The van der Waals surface area contributed by atoms with Gasteiger partial charge < -0.3 is 23.7 Å². The Labute approximate surface area is 515 Å². The molecule has 1 unspecified atom stereocenters.